The molecular weight excluding hydrogens is 376 g/mol. The Morgan fingerprint density at radius 3 is 2.78 bits per heavy atom. The van der Waals surface area contributed by atoms with Gasteiger partial charge in [0.25, 0.3) is 5.89 Å². The number of methoxy groups -OCH3 is 2. The Morgan fingerprint density at radius 2 is 2.11 bits per heavy atom. The lowest BCUT2D eigenvalue weighted by molar-refractivity contribution is -0.146. The van der Waals surface area contributed by atoms with Crippen molar-refractivity contribution < 1.29 is 31.9 Å². The summed E-state index contributed by atoms with van der Waals surface area (Å²) < 4.78 is 43.5. The number of esters is 1. The molecule has 1 aromatic carbocycles. The van der Waals surface area contributed by atoms with Crippen LogP contribution in [0, 0.1) is 5.92 Å². The predicted molar refractivity (Wildman–Crippen MR) is 94.0 cm³/mol. The van der Waals surface area contributed by atoms with E-state index in [2.05, 4.69) is 10.1 Å². The highest BCUT2D eigenvalue weighted by molar-refractivity contribution is 7.91. The van der Waals surface area contributed by atoms with Crippen molar-refractivity contribution in [2.24, 2.45) is 5.92 Å². The van der Waals surface area contributed by atoms with Gasteiger partial charge in [-0.2, -0.15) is 4.98 Å². The maximum absolute atomic E-state index is 11.9. The molecule has 0 aliphatic carbocycles. The molecule has 0 spiro atoms. The number of aromatic nitrogens is 2. The first-order chi connectivity index (χ1) is 12.9. The van der Waals surface area contributed by atoms with Crippen LogP contribution in [0.1, 0.15) is 18.7 Å². The SMILES string of the molecule is COc1ccc(-c2noc(COC(=O)C[C@@H]3CCS(=O)(=O)C3)n2)c(OC)c1. The van der Waals surface area contributed by atoms with E-state index < -0.39 is 15.8 Å². The van der Waals surface area contributed by atoms with Gasteiger partial charge in [-0.3, -0.25) is 4.79 Å². The first-order valence-electron chi connectivity index (χ1n) is 8.31. The van der Waals surface area contributed by atoms with Crippen LogP contribution in [0.3, 0.4) is 0 Å². The van der Waals surface area contributed by atoms with Gasteiger partial charge in [0, 0.05) is 12.5 Å². The van der Waals surface area contributed by atoms with Crippen LogP contribution in [0.4, 0.5) is 0 Å². The van der Waals surface area contributed by atoms with Crippen LogP contribution >= 0.6 is 0 Å². The normalized spacial score (nSPS) is 18.2. The molecule has 0 radical (unpaired) electrons. The van der Waals surface area contributed by atoms with E-state index in [4.69, 9.17) is 18.7 Å². The minimum absolute atomic E-state index is 0.0318. The topological polar surface area (TPSA) is 118 Å². The van der Waals surface area contributed by atoms with Crippen LogP contribution in [0.2, 0.25) is 0 Å². The average Bonchev–Trinajstić information content (AvgIpc) is 3.25. The summed E-state index contributed by atoms with van der Waals surface area (Å²) in [7, 11) is 0.0533. The summed E-state index contributed by atoms with van der Waals surface area (Å²) in [6.07, 6.45) is 0.548. The highest BCUT2D eigenvalue weighted by Gasteiger charge is 2.30. The smallest absolute Gasteiger partial charge is 0.306 e. The first kappa shape index (κ1) is 19.2. The second kappa shape index (κ2) is 7.95. The monoisotopic (exact) mass is 396 g/mol. The fourth-order valence-electron chi connectivity index (χ4n) is 2.88. The molecule has 1 aliphatic heterocycles. The van der Waals surface area contributed by atoms with Gasteiger partial charge < -0.3 is 18.7 Å². The molecular formula is C17H20N2O7S. The standard InChI is InChI=1S/C17H20N2O7S/c1-23-12-3-4-13(14(8-12)24-2)17-18-15(26-19-17)9-25-16(20)7-11-5-6-27(21,22)10-11/h3-4,8,11H,5-7,9-10H2,1-2H3/t11-/m0/s1. The molecule has 1 atom stereocenters. The van der Waals surface area contributed by atoms with Gasteiger partial charge in [0.2, 0.25) is 5.82 Å². The third-order valence-electron chi connectivity index (χ3n) is 4.26. The number of ether oxygens (including phenoxy) is 3. The lowest BCUT2D eigenvalue weighted by Crippen LogP contribution is -2.13. The minimum atomic E-state index is -3.02. The Kier molecular flexibility index (Phi) is 5.64. The molecule has 146 valence electrons. The maximum atomic E-state index is 11.9. The van der Waals surface area contributed by atoms with Crippen LogP contribution in [-0.2, 0) is 26.0 Å². The van der Waals surface area contributed by atoms with Crippen molar-refractivity contribution in [3.8, 4) is 22.9 Å². The molecule has 3 rings (SSSR count). The van der Waals surface area contributed by atoms with Crippen molar-refractivity contribution in [3.05, 3.63) is 24.1 Å². The molecule has 0 bridgehead atoms. The average molecular weight is 396 g/mol. The van der Waals surface area contributed by atoms with Crippen molar-refractivity contribution in [3.63, 3.8) is 0 Å². The summed E-state index contributed by atoms with van der Waals surface area (Å²) in [6, 6.07) is 5.17. The van der Waals surface area contributed by atoms with Crippen LogP contribution in [0.25, 0.3) is 11.4 Å². The van der Waals surface area contributed by atoms with Crippen LogP contribution in [0.5, 0.6) is 11.5 Å². The first-order valence-corrected chi connectivity index (χ1v) is 10.1. The van der Waals surface area contributed by atoms with Crippen molar-refractivity contribution in [2.75, 3.05) is 25.7 Å². The van der Waals surface area contributed by atoms with Crippen molar-refractivity contribution in [1.82, 2.24) is 10.1 Å². The van der Waals surface area contributed by atoms with Crippen LogP contribution in [-0.4, -0.2) is 50.3 Å². The zero-order valence-electron chi connectivity index (χ0n) is 15.0. The van der Waals surface area contributed by atoms with E-state index in [0.29, 0.717) is 29.3 Å². The summed E-state index contributed by atoms with van der Waals surface area (Å²) in [5.74, 6) is 1.05. The van der Waals surface area contributed by atoms with E-state index in [1.54, 1.807) is 25.3 Å². The van der Waals surface area contributed by atoms with Gasteiger partial charge in [-0.15, -0.1) is 0 Å². The highest BCUT2D eigenvalue weighted by Crippen LogP contribution is 2.31. The molecule has 9 nitrogen and oxygen atoms in total. The largest absolute Gasteiger partial charge is 0.497 e. The third-order valence-corrected chi connectivity index (χ3v) is 6.09. The van der Waals surface area contributed by atoms with Crippen molar-refractivity contribution >= 4 is 15.8 Å². The number of hydrogen-bond acceptors (Lipinski definition) is 9. The number of benzene rings is 1. The zero-order chi connectivity index (χ0) is 19.4. The molecule has 0 saturated carbocycles. The molecule has 0 unspecified atom stereocenters. The molecule has 1 fully saturated rings. The van der Waals surface area contributed by atoms with E-state index in [1.807, 2.05) is 0 Å². The zero-order valence-corrected chi connectivity index (χ0v) is 15.8. The van der Waals surface area contributed by atoms with E-state index in [9.17, 15) is 13.2 Å². The molecule has 1 aliphatic rings. The van der Waals surface area contributed by atoms with Gasteiger partial charge in [-0.1, -0.05) is 5.16 Å². The van der Waals surface area contributed by atoms with E-state index in [0.717, 1.165) is 0 Å². The second-order valence-corrected chi connectivity index (χ2v) is 8.44. The third kappa shape index (κ3) is 4.76. The number of carbonyl (C=O) groups excluding carboxylic acids is 1. The van der Waals surface area contributed by atoms with Gasteiger partial charge in [0.1, 0.15) is 11.5 Å². The van der Waals surface area contributed by atoms with Crippen LogP contribution < -0.4 is 9.47 Å². The van der Waals surface area contributed by atoms with Gasteiger partial charge in [-0.05, 0) is 24.5 Å². The highest BCUT2D eigenvalue weighted by atomic mass is 32.2. The Morgan fingerprint density at radius 1 is 1.30 bits per heavy atom. The molecule has 0 amide bonds. The summed E-state index contributed by atoms with van der Waals surface area (Å²) >= 11 is 0. The molecule has 1 aromatic heterocycles. The number of carbonyl (C=O) groups is 1. The predicted octanol–water partition coefficient (Wildman–Crippen LogP) is 1.62. The molecule has 27 heavy (non-hydrogen) atoms. The Balaban J connectivity index is 1.59. The molecule has 2 aromatic rings. The van der Waals surface area contributed by atoms with E-state index >= 15 is 0 Å². The summed E-state index contributed by atoms with van der Waals surface area (Å²) in [4.78, 5) is 16.1. The fraction of sp³-hybridized carbons (Fsp3) is 0.471. The number of nitrogens with zero attached hydrogens (tertiary/aromatic N) is 2. The molecule has 0 N–H and O–H groups in total. The Labute approximate surface area is 156 Å². The lowest BCUT2D eigenvalue weighted by atomic mass is 10.1. The van der Waals surface area contributed by atoms with Gasteiger partial charge in [0.05, 0.1) is 31.3 Å². The maximum Gasteiger partial charge on any atom is 0.306 e. The second-order valence-electron chi connectivity index (χ2n) is 6.21. The van der Waals surface area contributed by atoms with E-state index in [1.165, 1.54) is 7.11 Å². The van der Waals surface area contributed by atoms with Crippen LogP contribution in [0.15, 0.2) is 22.7 Å². The van der Waals surface area contributed by atoms with Crippen molar-refractivity contribution in [1.29, 1.82) is 0 Å². The Bertz CT molecular complexity index is 923. The quantitative estimate of drug-likeness (QED) is 0.643. The fourth-order valence-corrected chi connectivity index (χ4v) is 4.74. The minimum Gasteiger partial charge on any atom is -0.497 e. The molecule has 1 saturated heterocycles. The van der Waals surface area contributed by atoms with Gasteiger partial charge in [-0.25, -0.2) is 8.42 Å². The number of rotatable bonds is 7. The van der Waals surface area contributed by atoms with Crippen molar-refractivity contribution in [2.45, 2.75) is 19.4 Å². The van der Waals surface area contributed by atoms with E-state index in [-0.39, 0.29) is 36.3 Å². The molecule has 10 heteroatoms. The molecule has 2 heterocycles. The lowest BCUT2D eigenvalue weighted by Gasteiger charge is -2.07. The van der Waals surface area contributed by atoms with Gasteiger partial charge in [0.15, 0.2) is 16.4 Å². The Hall–Kier alpha value is -2.62. The summed E-state index contributed by atoms with van der Waals surface area (Å²) in [5, 5.41) is 3.87. The van der Waals surface area contributed by atoms with Gasteiger partial charge >= 0.3 is 5.97 Å². The number of sulfone groups is 1. The summed E-state index contributed by atoms with van der Waals surface area (Å²) in [5.41, 5.74) is 0.607. The number of hydrogen-bond donors (Lipinski definition) is 0. The summed E-state index contributed by atoms with van der Waals surface area (Å²) in [6.45, 7) is -0.177.